The summed E-state index contributed by atoms with van der Waals surface area (Å²) in [6, 6.07) is 6.73. The highest BCUT2D eigenvalue weighted by Crippen LogP contribution is 2.26. The van der Waals surface area contributed by atoms with Gasteiger partial charge in [-0.1, -0.05) is 37.0 Å². The molecule has 26 heavy (non-hydrogen) atoms. The van der Waals surface area contributed by atoms with E-state index in [-0.39, 0.29) is 23.5 Å². The van der Waals surface area contributed by atoms with E-state index in [2.05, 4.69) is 22.3 Å². The van der Waals surface area contributed by atoms with E-state index in [0.717, 1.165) is 5.56 Å². The lowest BCUT2D eigenvalue weighted by atomic mass is 9.85. The zero-order valence-electron chi connectivity index (χ0n) is 15.8. The maximum absolute atomic E-state index is 12.2. The van der Waals surface area contributed by atoms with Crippen molar-refractivity contribution in [3.8, 4) is 0 Å². The van der Waals surface area contributed by atoms with E-state index >= 15 is 0 Å². The molecule has 1 aliphatic carbocycles. The first-order chi connectivity index (χ1) is 12.4. The average Bonchev–Trinajstić information content (AvgIpc) is 2.62. The molecule has 0 bridgehead atoms. The van der Waals surface area contributed by atoms with Gasteiger partial charge < -0.3 is 10.6 Å². The Morgan fingerprint density at radius 1 is 1.12 bits per heavy atom. The summed E-state index contributed by atoms with van der Waals surface area (Å²) < 4.78 is 26.9. The molecule has 1 aromatic carbocycles. The summed E-state index contributed by atoms with van der Waals surface area (Å²) in [5.41, 5.74) is 1.02. The Morgan fingerprint density at radius 2 is 1.77 bits per heavy atom. The first kappa shape index (κ1) is 20.7. The number of hydrogen-bond acceptors (Lipinski definition) is 3. The van der Waals surface area contributed by atoms with Gasteiger partial charge in [0.15, 0.2) is 0 Å². The summed E-state index contributed by atoms with van der Waals surface area (Å²) in [5, 5.41) is 5.80. The normalized spacial score (nSPS) is 16.8. The Bertz CT molecular complexity index is 668. The SMILES string of the molecule is Cc1ccc(S(=O)(=O)NCCCNC(=O)N[C@H](C)C2CCCCC2)cc1. The van der Waals surface area contributed by atoms with Gasteiger partial charge in [-0.15, -0.1) is 0 Å². The maximum Gasteiger partial charge on any atom is 0.315 e. The van der Waals surface area contributed by atoms with Crippen molar-refractivity contribution in [2.75, 3.05) is 13.1 Å². The second-order valence-corrected chi connectivity index (χ2v) is 8.92. The zero-order chi connectivity index (χ0) is 19.0. The fraction of sp³-hybridized carbons (Fsp3) is 0.632. The topological polar surface area (TPSA) is 87.3 Å². The van der Waals surface area contributed by atoms with E-state index < -0.39 is 10.0 Å². The van der Waals surface area contributed by atoms with Gasteiger partial charge in [0, 0.05) is 19.1 Å². The minimum Gasteiger partial charge on any atom is -0.338 e. The Labute approximate surface area is 157 Å². The average molecular weight is 382 g/mol. The molecule has 0 radical (unpaired) electrons. The first-order valence-corrected chi connectivity index (χ1v) is 11.0. The van der Waals surface area contributed by atoms with Crippen LogP contribution in [-0.4, -0.2) is 33.6 Å². The standard InChI is InChI=1S/C19H31N3O3S/c1-15-9-11-18(12-10-15)26(24,25)21-14-6-13-20-19(23)22-16(2)17-7-4-3-5-8-17/h9-12,16-17,21H,3-8,13-14H2,1-2H3,(H2,20,22,23)/t16-/m1/s1. The van der Waals surface area contributed by atoms with Crippen LogP contribution in [0.4, 0.5) is 4.79 Å². The second-order valence-electron chi connectivity index (χ2n) is 7.15. The largest absolute Gasteiger partial charge is 0.338 e. The number of carbonyl (C=O) groups excluding carboxylic acids is 1. The van der Waals surface area contributed by atoms with Gasteiger partial charge >= 0.3 is 6.03 Å². The van der Waals surface area contributed by atoms with Crippen molar-refractivity contribution in [3.63, 3.8) is 0 Å². The molecule has 0 aromatic heterocycles. The van der Waals surface area contributed by atoms with Crippen LogP contribution in [0.25, 0.3) is 0 Å². The zero-order valence-corrected chi connectivity index (χ0v) is 16.6. The molecule has 6 nitrogen and oxygen atoms in total. The minimum atomic E-state index is -3.49. The predicted octanol–water partition coefficient (Wildman–Crippen LogP) is 2.93. The van der Waals surface area contributed by atoms with Gasteiger partial charge in [-0.05, 0) is 51.2 Å². The van der Waals surface area contributed by atoms with Crippen LogP contribution >= 0.6 is 0 Å². The molecule has 1 aromatic rings. The molecule has 2 rings (SSSR count). The van der Waals surface area contributed by atoms with E-state index in [0.29, 0.717) is 18.9 Å². The molecule has 0 unspecified atom stereocenters. The second kappa shape index (κ2) is 9.92. The third-order valence-electron chi connectivity index (χ3n) is 4.98. The fourth-order valence-electron chi connectivity index (χ4n) is 3.31. The quantitative estimate of drug-likeness (QED) is 0.605. The summed E-state index contributed by atoms with van der Waals surface area (Å²) in [5.74, 6) is 0.566. The summed E-state index contributed by atoms with van der Waals surface area (Å²) in [6.07, 6.45) is 6.70. The lowest BCUT2D eigenvalue weighted by Crippen LogP contribution is -2.45. The van der Waals surface area contributed by atoms with Crippen LogP contribution in [0.5, 0.6) is 0 Å². The van der Waals surface area contributed by atoms with Crippen LogP contribution in [0.15, 0.2) is 29.2 Å². The number of nitrogens with one attached hydrogen (secondary N) is 3. The number of amides is 2. The lowest BCUT2D eigenvalue weighted by molar-refractivity contribution is 0.225. The summed E-state index contributed by atoms with van der Waals surface area (Å²) in [6.45, 7) is 4.69. The smallest absolute Gasteiger partial charge is 0.315 e. The number of carbonyl (C=O) groups is 1. The monoisotopic (exact) mass is 381 g/mol. The van der Waals surface area contributed by atoms with Crippen molar-refractivity contribution in [1.82, 2.24) is 15.4 Å². The molecule has 0 heterocycles. The number of sulfonamides is 1. The molecule has 0 saturated heterocycles. The number of urea groups is 1. The van der Waals surface area contributed by atoms with Gasteiger partial charge in [0.2, 0.25) is 10.0 Å². The van der Waals surface area contributed by atoms with Crippen LogP contribution in [-0.2, 0) is 10.0 Å². The van der Waals surface area contributed by atoms with Crippen LogP contribution in [0.1, 0.15) is 51.0 Å². The van der Waals surface area contributed by atoms with Crippen molar-refractivity contribution in [1.29, 1.82) is 0 Å². The molecule has 7 heteroatoms. The first-order valence-electron chi connectivity index (χ1n) is 9.49. The van der Waals surface area contributed by atoms with Crippen molar-refractivity contribution in [3.05, 3.63) is 29.8 Å². The number of hydrogen-bond donors (Lipinski definition) is 3. The minimum absolute atomic E-state index is 0.176. The van der Waals surface area contributed by atoms with Crippen LogP contribution in [0.3, 0.4) is 0 Å². The van der Waals surface area contributed by atoms with Crippen LogP contribution in [0.2, 0.25) is 0 Å². The highest BCUT2D eigenvalue weighted by atomic mass is 32.2. The van der Waals surface area contributed by atoms with E-state index in [1.165, 1.54) is 32.1 Å². The number of benzene rings is 1. The van der Waals surface area contributed by atoms with E-state index in [9.17, 15) is 13.2 Å². The summed E-state index contributed by atoms with van der Waals surface area (Å²) >= 11 is 0. The van der Waals surface area contributed by atoms with Crippen molar-refractivity contribution >= 4 is 16.1 Å². The molecule has 1 fully saturated rings. The van der Waals surface area contributed by atoms with Crippen molar-refractivity contribution in [2.24, 2.45) is 5.92 Å². The molecule has 1 atom stereocenters. The molecular formula is C19H31N3O3S. The lowest BCUT2D eigenvalue weighted by Gasteiger charge is -2.28. The van der Waals surface area contributed by atoms with E-state index in [1.807, 2.05) is 6.92 Å². The Kier molecular flexibility index (Phi) is 7.90. The van der Waals surface area contributed by atoms with Crippen LogP contribution in [0, 0.1) is 12.8 Å². The maximum atomic E-state index is 12.2. The molecule has 3 N–H and O–H groups in total. The molecule has 1 aliphatic rings. The van der Waals surface area contributed by atoms with Gasteiger partial charge in [0.05, 0.1) is 4.90 Å². The molecule has 0 aliphatic heterocycles. The fourth-order valence-corrected chi connectivity index (χ4v) is 4.38. The van der Waals surface area contributed by atoms with E-state index in [1.54, 1.807) is 24.3 Å². The van der Waals surface area contributed by atoms with Crippen molar-refractivity contribution in [2.45, 2.75) is 63.3 Å². The number of aryl methyl sites for hydroxylation is 1. The molecule has 0 spiro atoms. The predicted molar refractivity (Wildman–Crippen MR) is 104 cm³/mol. The third-order valence-corrected chi connectivity index (χ3v) is 6.46. The van der Waals surface area contributed by atoms with Crippen molar-refractivity contribution < 1.29 is 13.2 Å². The molecule has 2 amide bonds. The highest BCUT2D eigenvalue weighted by Gasteiger charge is 2.21. The Hall–Kier alpha value is -1.60. The van der Waals surface area contributed by atoms with Gasteiger partial charge in [-0.2, -0.15) is 0 Å². The van der Waals surface area contributed by atoms with Crippen LogP contribution < -0.4 is 15.4 Å². The van der Waals surface area contributed by atoms with Gasteiger partial charge in [-0.3, -0.25) is 0 Å². The van der Waals surface area contributed by atoms with Gasteiger partial charge in [0.25, 0.3) is 0 Å². The third kappa shape index (κ3) is 6.61. The molecular weight excluding hydrogens is 350 g/mol. The van der Waals surface area contributed by atoms with E-state index in [4.69, 9.17) is 0 Å². The highest BCUT2D eigenvalue weighted by molar-refractivity contribution is 7.89. The Morgan fingerprint density at radius 3 is 2.42 bits per heavy atom. The number of rotatable bonds is 8. The van der Waals surface area contributed by atoms with Gasteiger partial charge in [-0.25, -0.2) is 17.9 Å². The summed E-state index contributed by atoms with van der Waals surface area (Å²) in [4.78, 5) is 12.2. The molecule has 1 saturated carbocycles. The summed E-state index contributed by atoms with van der Waals surface area (Å²) in [7, 11) is -3.49. The van der Waals surface area contributed by atoms with Gasteiger partial charge in [0.1, 0.15) is 0 Å². The Balaban J connectivity index is 1.63. The molecule has 146 valence electrons.